The lowest BCUT2D eigenvalue weighted by molar-refractivity contribution is -0.116. The Balaban J connectivity index is 1.64. The Bertz CT molecular complexity index is 957. The minimum atomic E-state index is -0.396. The number of carbonyl (C=O) groups is 2. The van der Waals surface area contributed by atoms with E-state index in [0.29, 0.717) is 22.6 Å². The average molecular weight is 371 g/mol. The number of hydrogen-bond acceptors (Lipinski definition) is 5. The van der Waals surface area contributed by atoms with E-state index in [0.717, 1.165) is 0 Å². The number of rotatable bonds is 6. The molecule has 0 saturated heterocycles. The highest BCUT2D eigenvalue weighted by atomic mass is 32.1. The molecule has 0 bridgehead atoms. The molecule has 0 aliphatic rings. The summed E-state index contributed by atoms with van der Waals surface area (Å²) in [6.45, 7) is 2.04. The molecule has 0 saturated carbocycles. The van der Waals surface area contributed by atoms with Gasteiger partial charge in [-0.3, -0.25) is 9.47 Å². The van der Waals surface area contributed by atoms with E-state index in [4.69, 9.17) is 17.0 Å². The van der Waals surface area contributed by atoms with Gasteiger partial charge in [0.25, 0.3) is 0 Å². The second kappa shape index (κ2) is 7.79. The zero-order chi connectivity index (χ0) is 18.5. The molecule has 0 aliphatic carbocycles. The Morgan fingerprint density at radius 2 is 1.88 bits per heavy atom. The monoisotopic (exact) mass is 371 g/mol. The molecule has 1 amide bonds. The Labute approximate surface area is 154 Å². The van der Waals surface area contributed by atoms with Gasteiger partial charge in [-0.05, 0) is 55.5 Å². The van der Waals surface area contributed by atoms with Gasteiger partial charge in [0.05, 0.1) is 12.2 Å². The maximum atomic E-state index is 12.2. The molecule has 3 rings (SSSR count). The summed E-state index contributed by atoms with van der Waals surface area (Å²) in [6, 6.07) is 10.2. The molecule has 0 fully saturated rings. The molecule has 0 spiro atoms. The van der Waals surface area contributed by atoms with E-state index in [1.54, 1.807) is 46.9 Å². The van der Waals surface area contributed by atoms with E-state index in [2.05, 4.69) is 10.4 Å². The van der Waals surface area contributed by atoms with Crippen molar-refractivity contribution in [3.05, 3.63) is 65.5 Å². The predicted octanol–water partition coefficient (Wildman–Crippen LogP) is 2.34. The highest BCUT2D eigenvalue weighted by Gasteiger charge is 2.10. The number of nitrogens with one attached hydrogen (secondary N) is 1. The van der Waals surface area contributed by atoms with Crippen LogP contribution in [0.5, 0.6) is 0 Å². The second-order valence-corrected chi connectivity index (χ2v) is 5.69. The van der Waals surface area contributed by atoms with E-state index >= 15 is 0 Å². The van der Waals surface area contributed by atoms with Gasteiger partial charge in [0.2, 0.25) is 10.7 Å². The number of aromatic nitrogens is 4. The van der Waals surface area contributed by atoms with Crippen molar-refractivity contribution in [3.63, 3.8) is 0 Å². The molecule has 26 heavy (non-hydrogen) atoms. The van der Waals surface area contributed by atoms with Crippen LogP contribution in [0, 0.1) is 4.77 Å². The Kier molecular flexibility index (Phi) is 5.28. The zero-order valence-corrected chi connectivity index (χ0v) is 14.8. The van der Waals surface area contributed by atoms with Crippen molar-refractivity contribution in [1.29, 1.82) is 0 Å². The molecular formula is C17H17N5O3S. The molecule has 9 heteroatoms. The number of hydrogen-bond donors (Lipinski definition) is 1. The number of nitrogens with zero attached hydrogens (tertiary/aromatic N) is 4. The van der Waals surface area contributed by atoms with Gasteiger partial charge >= 0.3 is 5.97 Å². The SMILES string of the molecule is CCOC(=O)c1ccc(NC(=O)Cn2ncn(-n3cccc3)c2=S)cc1. The third-order valence-corrected chi connectivity index (χ3v) is 3.93. The largest absolute Gasteiger partial charge is 0.462 e. The number of carbonyl (C=O) groups excluding carboxylic acids is 2. The van der Waals surface area contributed by atoms with Gasteiger partial charge in [0, 0.05) is 18.1 Å². The van der Waals surface area contributed by atoms with Crippen molar-refractivity contribution in [3.8, 4) is 0 Å². The van der Waals surface area contributed by atoms with Gasteiger partial charge in [-0.25, -0.2) is 14.2 Å². The van der Waals surface area contributed by atoms with Crippen LogP contribution in [-0.4, -0.2) is 37.6 Å². The maximum absolute atomic E-state index is 12.2. The van der Waals surface area contributed by atoms with Gasteiger partial charge in [0.1, 0.15) is 12.9 Å². The highest BCUT2D eigenvalue weighted by Crippen LogP contribution is 2.11. The molecule has 0 radical (unpaired) electrons. The first kappa shape index (κ1) is 17.6. The fourth-order valence-corrected chi connectivity index (χ4v) is 2.56. The van der Waals surface area contributed by atoms with Crippen molar-refractivity contribution < 1.29 is 14.3 Å². The van der Waals surface area contributed by atoms with Crippen LogP contribution in [0.4, 0.5) is 5.69 Å². The van der Waals surface area contributed by atoms with E-state index in [1.165, 1.54) is 4.68 Å². The molecule has 1 aromatic carbocycles. The van der Waals surface area contributed by atoms with Crippen LogP contribution in [0.2, 0.25) is 0 Å². The molecule has 2 heterocycles. The standard InChI is InChI=1S/C17H17N5O3S/c1-2-25-16(24)13-5-7-14(8-6-13)19-15(23)11-21-17(26)22(12-18-21)20-9-3-4-10-20/h3-10,12H,2,11H2,1H3,(H,19,23). The van der Waals surface area contributed by atoms with E-state index in [1.807, 2.05) is 24.5 Å². The van der Waals surface area contributed by atoms with Gasteiger partial charge in [-0.2, -0.15) is 5.10 Å². The van der Waals surface area contributed by atoms with E-state index in [9.17, 15) is 9.59 Å². The summed E-state index contributed by atoms with van der Waals surface area (Å²) in [5, 5.41) is 6.89. The lowest BCUT2D eigenvalue weighted by Crippen LogP contribution is -2.20. The topological polar surface area (TPSA) is 83.1 Å². The lowest BCUT2D eigenvalue weighted by atomic mass is 10.2. The molecule has 0 aliphatic heterocycles. The van der Waals surface area contributed by atoms with Gasteiger partial charge < -0.3 is 10.1 Å². The summed E-state index contributed by atoms with van der Waals surface area (Å²) in [5.74, 6) is -0.671. The van der Waals surface area contributed by atoms with Crippen LogP contribution in [0.3, 0.4) is 0 Å². The average Bonchev–Trinajstić information content (AvgIpc) is 3.26. The second-order valence-electron chi connectivity index (χ2n) is 5.32. The number of esters is 1. The minimum absolute atomic E-state index is 0.0211. The Morgan fingerprint density at radius 3 is 2.54 bits per heavy atom. The Hall–Kier alpha value is -3.20. The zero-order valence-electron chi connectivity index (χ0n) is 14.0. The van der Waals surface area contributed by atoms with Crippen molar-refractivity contribution in [2.45, 2.75) is 13.5 Å². The summed E-state index contributed by atoms with van der Waals surface area (Å²) in [7, 11) is 0. The van der Waals surface area contributed by atoms with Crippen LogP contribution in [0.15, 0.2) is 55.1 Å². The molecule has 0 unspecified atom stereocenters. The number of ether oxygens (including phenoxy) is 1. The first-order valence-corrected chi connectivity index (χ1v) is 8.34. The highest BCUT2D eigenvalue weighted by molar-refractivity contribution is 7.71. The summed E-state index contributed by atoms with van der Waals surface area (Å²) >= 11 is 5.34. The van der Waals surface area contributed by atoms with Crippen LogP contribution >= 0.6 is 12.2 Å². The first-order chi connectivity index (χ1) is 12.6. The fraction of sp³-hybridized carbons (Fsp3) is 0.176. The third-order valence-electron chi connectivity index (χ3n) is 3.53. The van der Waals surface area contributed by atoms with E-state index < -0.39 is 5.97 Å². The van der Waals surface area contributed by atoms with Crippen molar-refractivity contribution >= 4 is 29.8 Å². The summed E-state index contributed by atoms with van der Waals surface area (Å²) in [6.07, 6.45) is 5.20. The quantitative estimate of drug-likeness (QED) is 0.531. The number of amides is 1. The first-order valence-electron chi connectivity index (χ1n) is 7.93. The van der Waals surface area contributed by atoms with Crippen molar-refractivity contribution in [1.82, 2.24) is 19.1 Å². The Morgan fingerprint density at radius 1 is 1.19 bits per heavy atom. The fourth-order valence-electron chi connectivity index (χ4n) is 2.30. The summed E-state index contributed by atoms with van der Waals surface area (Å²) in [5.41, 5.74) is 0.997. The van der Waals surface area contributed by atoms with E-state index in [-0.39, 0.29) is 12.5 Å². The van der Waals surface area contributed by atoms with Crippen LogP contribution in [0.1, 0.15) is 17.3 Å². The van der Waals surface area contributed by atoms with Gasteiger partial charge in [0.15, 0.2) is 0 Å². The molecule has 1 N–H and O–H groups in total. The number of anilines is 1. The lowest BCUT2D eigenvalue weighted by Gasteiger charge is -2.07. The van der Waals surface area contributed by atoms with Crippen molar-refractivity contribution in [2.75, 3.05) is 11.9 Å². The molecule has 0 atom stereocenters. The van der Waals surface area contributed by atoms with Crippen LogP contribution in [0.25, 0.3) is 0 Å². The smallest absolute Gasteiger partial charge is 0.338 e. The molecular weight excluding hydrogens is 354 g/mol. The van der Waals surface area contributed by atoms with Crippen LogP contribution < -0.4 is 5.32 Å². The third kappa shape index (κ3) is 3.89. The van der Waals surface area contributed by atoms with Gasteiger partial charge in [-0.1, -0.05) is 0 Å². The normalized spacial score (nSPS) is 10.5. The maximum Gasteiger partial charge on any atom is 0.338 e. The van der Waals surface area contributed by atoms with Gasteiger partial charge in [-0.15, -0.1) is 0 Å². The minimum Gasteiger partial charge on any atom is -0.462 e. The molecule has 3 aromatic rings. The molecule has 134 valence electrons. The number of benzene rings is 1. The summed E-state index contributed by atoms with van der Waals surface area (Å²) < 4.78 is 10.2. The van der Waals surface area contributed by atoms with Crippen LogP contribution in [-0.2, 0) is 16.1 Å². The van der Waals surface area contributed by atoms with Crippen molar-refractivity contribution in [2.24, 2.45) is 0 Å². The predicted molar refractivity (Wildman–Crippen MR) is 97.3 cm³/mol. The molecule has 8 nitrogen and oxygen atoms in total. The molecule has 2 aromatic heterocycles. The summed E-state index contributed by atoms with van der Waals surface area (Å²) in [4.78, 5) is 23.8.